The van der Waals surface area contributed by atoms with Crippen molar-refractivity contribution in [3.63, 3.8) is 0 Å². The molecule has 0 heterocycles. The van der Waals surface area contributed by atoms with Crippen LogP contribution in [0.2, 0.25) is 5.02 Å². The van der Waals surface area contributed by atoms with Gasteiger partial charge in [0.05, 0.1) is 0 Å². The van der Waals surface area contributed by atoms with Crippen molar-refractivity contribution < 1.29 is 4.39 Å². The summed E-state index contributed by atoms with van der Waals surface area (Å²) >= 11 is 5.64. The number of hydrogen-bond donors (Lipinski definition) is 1. The zero-order valence-electron chi connectivity index (χ0n) is 6.14. The van der Waals surface area contributed by atoms with Gasteiger partial charge >= 0.3 is 0 Å². The summed E-state index contributed by atoms with van der Waals surface area (Å²) in [6.07, 6.45) is 0. The molecule has 0 spiro atoms. The monoisotopic (exact) mass is 173 g/mol. The molecule has 1 rings (SSSR count). The van der Waals surface area contributed by atoms with E-state index in [1.807, 2.05) is 0 Å². The fourth-order valence-corrected chi connectivity index (χ4v) is 1.04. The molecule has 0 saturated heterocycles. The lowest BCUT2D eigenvalue weighted by Crippen LogP contribution is -2.06. The van der Waals surface area contributed by atoms with Crippen LogP contribution >= 0.6 is 11.6 Å². The molecular formula is C8H9ClFN. The average Bonchev–Trinajstić information content (AvgIpc) is 1.94. The van der Waals surface area contributed by atoms with E-state index in [-0.39, 0.29) is 11.9 Å². The maximum Gasteiger partial charge on any atom is 0.128 e. The van der Waals surface area contributed by atoms with Crippen molar-refractivity contribution in [2.45, 2.75) is 13.0 Å². The molecule has 1 unspecified atom stereocenters. The van der Waals surface area contributed by atoms with Crippen LogP contribution in [0.15, 0.2) is 18.2 Å². The van der Waals surface area contributed by atoms with Crippen LogP contribution in [-0.2, 0) is 0 Å². The van der Waals surface area contributed by atoms with E-state index >= 15 is 0 Å². The molecule has 11 heavy (non-hydrogen) atoms. The number of nitrogens with two attached hydrogens (primary N) is 1. The van der Waals surface area contributed by atoms with Crippen molar-refractivity contribution in [3.8, 4) is 0 Å². The second kappa shape index (κ2) is 3.20. The van der Waals surface area contributed by atoms with E-state index in [1.54, 1.807) is 13.0 Å². The van der Waals surface area contributed by atoms with Gasteiger partial charge in [-0.1, -0.05) is 11.6 Å². The van der Waals surface area contributed by atoms with Gasteiger partial charge in [0.2, 0.25) is 0 Å². The fourth-order valence-electron chi connectivity index (χ4n) is 0.864. The first kappa shape index (κ1) is 8.50. The smallest absolute Gasteiger partial charge is 0.128 e. The predicted octanol–water partition coefficient (Wildman–Crippen LogP) is 2.50. The molecule has 0 radical (unpaired) electrons. The van der Waals surface area contributed by atoms with Gasteiger partial charge in [0.15, 0.2) is 0 Å². The molecule has 0 aromatic heterocycles. The number of rotatable bonds is 1. The minimum Gasteiger partial charge on any atom is -0.324 e. The van der Waals surface area contributed by atoms with E-state index < -0.39 is 0 Å². The number of hydrogen-bond acceptors (Lipinski definition) is 1. The standard InChI is InChI=1S/C8H9ClFN/c1-5(11)7-4-6(9)2-3-8(7)10/h2-5H,11H2,1H3. The third-order valence-corrected chi connectivity index (χ3v) is 1.68. The van der Waals surface area contributed by atoms with E-state index in [4.69, 9.17) is 17.3 Å². The fraction of sp³-hybridized carbons (Fsp3) is 0.250. The SMILES string of the molecule is CC(N)c1cc(Cl)ccc1F. The summed E-state index contributed by atoms with van der Waals surface area (Å²) in [5.41, 5.74) is 5.94. The summed E-state index contributed by atoms with van der Waals surface area (Å²) in [6, 6.07) is 4.06. The largest absolute Gasteiger partial charge is 0.324 e. The molecule has 0 saturated carbocycles. The molecule has 1 nitrogen and oxygen atoms in total. The summed E-state index contributed by atoms with van der Waals surface area (Å²) in [6.45, 7) is 1.72. The summed E-state index contributed by atoms with van der Waals surface area (Å²) < 4.78 is 12.9. The molecule has 0 aliphatic carbocycles. The Hall–Kier alpha value is -0.600. The highest BCUT2D eigenvalue weighted by atomic mass is 35.5. The van der Waals surface area contributed by atoms with Gasteiger partial charge in [0.25, 0.3) is 0 Å². The Morgan fingerprint density at radius 1 is 1.55 bits per heavy atom. The molecule has 1 aromatic carbocycles. The van der Waals surface area contributed by atoms with Crippen LogP contribution < -0.4 is 5.73 Å². The molecular weight excluding hydrogens is 165 g/mol. The normalized spacial score (nSPS) is 13.1. The lowest BCUT2D eigenvalue weighted by molar-refractivity contribution is 0.594. The summed E-state index contributed by atoms with van der Waals surface area (Å²) in [5.74, 6) is -0.301. The first-order valence-electron chi connectivity index (χ1n) is 3.32. The molecule has 0 aliphatic rings. The maximum atomic E-state index is 12.9. The molecule has 2 N–H and O–H groups in total. The van der Waals surface area contributed by atoms with E-state index in [1.165, 1.54) is 12.1 Å². The second-order valence-electron chi connectivity index (χ2n) is 2.45. The van der Waals surface area contributed by atoms with E-state index in [0.717, 1.165) is 0 Å². The lowest BCUT2D eigenvalue weighted by Gasteiger charge is -2.06. The third kappa shape index (κ3) is 1.91. The van der Waals surface area contributed by atoms with Crippen molar-refractivity contribution in [1.29, 1.82) is 0 Å². The Kier molecular flexibility index (Phi) is 2.47. The molecule has 0 fully saturated rings. The number of benzene rings is 1. The maximum absolute atomic E-state index is 12.9. The van der Waals surface area contributed by atoms with E-state index in [0.29, 0.717) is 10.6 Å². The van der Waals surface area contributed by atoms with Crippen LogP contribution in [-0.4, -0.2) is 0 Å². The Morgan fingerprint density at radius 2 is 2.18 bits per heavy atom. The minimum absolute atomic E-state index is 0.301. The highest BCUT2D eigenvalue weighted by Crippen LogP contribution is 2.19. The molecule has 3 heteroatoms. The highest BCUT2D eigenvalue weighted by molar-refractivity contribution is 6.30. The third-order valence-electron chi connectivity index (χ3n) is 1.45. The zero-order chi connectivity index (χ0) is 8.43. The highest BCUT2D eigenvalue weighted by Gasteiger charge is 2.06. The molecule has 1 aromatic rings. The second-order valence-corrected chi connectivity index (χ2v) is 2.89. The molecule has 0 aliphatic heterocycles. The van der Waals surface area contributed by atoms with Gasteiger partial charge in [0, 0.05) is 16.6 Å². The molecule has 1 atom stereocenters. The Morgan fingerprint density at radius 3 is 2.64 bits per heavy atom. The van der Waals surface area contributed by atoms with E-state index in [9.17, 15) is 4.39 Å². The van der Waals surface area contributed by atoms with Crippen molar-refractivity contribution in [3.05, 3.63) is 34.6 Å². The quantitative estimate of drug-likeness (QED) is 0.694. The van der Waals surface area contributed by atoms with Crippen LogP contribution in [0.1, 0.15) is 18.5 Å². The van der Waals surface area contributed by atoms with Gasteiger partial charge in [-0.25, -0.2) is 4.39 Å². The Labute approximate surface area is 70.0 Å². The summed E-state index contributed by atoms with van der Waals surface area (Å²) in [4.78, 5) is 0. The van der Waals surface area contributed by atoms with Crippen molar-refractivity contribution in [2.75, 3.05) is 0 Å². The lowest BCUT2D eigenvalue weighted by atomic mass is 10.1. The van der Waals surface area contributed by atoms with Crippen LogP contribution in [0.5, 0.6) is 0 Å². The van der Waals surface area contributed by atoms with Crippen LogP contribution in [0.25, 0.3) is 0 Å². The van der Waals surface area contributed by atoms with Gasteiger partial charge in [0.1, 0.15) is 5.82 Å². The van der Waals surface area contributed by atoms with Crippen molar-refractivity contribution >= 4 is 11.6 Å². The average molecular weight is 174 g/mol. The van der Waals surface area contributed by atoms with Crippen LogP contribution in [0.3, 0.4) is 0 Å². The molecule has 60 valence electrons. The summed E-state index contributed by atoms with van der Waals surface area (Å²) in [7, 11) is 0. The first-order valence-corrected chi connectivity index (χ1v) is 3.69. The van der Waals surface area contributed by atoms with Crippen LogP contribution in [0.4, 0.5) is 4.39 Å². The van der Waals surface area contributed by atoms with Gasteiger partial charge in [-0.05, 0) is 25.1 Å². The van der Waals surface area contributed by atoms with Gasteiger partial charge in [-0.2, -0.15) is 0 Å². The zero-order valence-corrected chi connectivity index (χ0v) is 6.90. The van der Waals surface area contributed by atoms with Crippen molar-refractivity contribution in [2.24, 2.45) is 5.73 Å². The Balaban J connectivity index is 3.13. The topological polar surface area (TPSA) is 26.0 Å². The van der Waals surface area contributed by atoms with Gasteiger partial charge < -0.3 is 5.73 Å². The number of halogens is 2. The molecule has 0 bridgehead atoms. The van der Waals surface area contributed by atoms with Gasteiger partial charge in [-0.3, -0.25) is 0 Å². The summed E-state index contributed by atoms with van der Waals surface area (Å²) in [5, 5.41) is 0.513. The first-order chi connectivity index (χ1) is 5.11. The van der Waals surface area contributed by atoms with Gasteiger partial charge in [-0.15, -0.1) is 0 Å². The van der Waals surface area contributed by atoms with E-state index in [2.05, 4.69) is 0 Å². The predicted molar refractivity (Wildman–Crippen MR) is 44.0 cm³/mol. The van der Waals surface area contributed by atoms with Crippen molar-refractivity contribution in [1.82, 2.24) is 0 Å². The Bertz CT molecular complexity index is 260. The molecule has 0 amide bonds. The minimum atomic E-state index is -0.311. The van der Waals surface area contributed by atoms with Crippen LogP contribution in [0, 0.1) is 5.82 Å².